The number of hydrogen-bond acceptors (Lipinski definition) is 5. The van der Waals surface area contributed by atoms with E-state index in [0.717, 1.165) is 0 Å². The van der Waals surface area contributed by atoms with Gasteiger partial charge in [0.25, 0.3) is 5.56 Å². The van der Waals surface area contributed by atoms with E-state index in [1.165, 1.54) is 28.3 Å². The minimum atomic E-state index is -0.407. The lowest BCUT2D eigenvalue weighted by molar-refractivity contribution is -0.137. The number of rotatable bonds is 4. The van der Waals surface area contributed by atoms with Crippen LogP contribution in [-0.2, 0) is 16.1 Å². The molecule has 0 fully saturated rings. The first-order valence-electron chi connectivity index (χ1n) is 5.48. The topological polar surface area (TPSA) is 61.2 Å². The van der Waals surface area contributed by atoms with Crippen molar-refractivity contribution in [3.05, 3.63) is 40.3 Å². The van der Waals surface area contributed by atoms with Crippen molar-refractivity contribution in [2.24, 2.45) is 0 Å². The van der Waals surface area contributed by atoms with Crippen molar-refractivity contribution >= 4 is 27.5 Å². The van der Waals surface area contributed by atoms with Gasteiger partial charge in [-0.1, -0.05) is 6.08 Å². The van der Waals surface area contributed by atoms with Crippen LogP contribution in [0.4, 0.5) is 0 Å². The van der Waals surface area contributed by atoms with Gasteiger partial charge in [-0.3, -0.25) is 9.36 Å². The van der Waals surface area contributed by atoms with Crippen molar-refractivity contribution in [3.63, 3.8) is 0 Å². The molecule has 18 heavy (non-hydrogen) atoms. The summed E-state index contributed by atoms with van der Waals surface area (Å²) in [5, 5.41) is 1.83. The molecule has 0 saturated carbocycles. The lowest BCUT2D eigenvalue weighted by Gasteiger charge is -2.00. The van der Waals surface area contributed by atoms with Crippen LogP contribution in [0.1, 0.15) is 6.92 Å². The number of hydrogen-bond donors (Lipinski definition) is 0. The zero-order valence-electron chi connectivity index (χ0n) is 9.83. The summed E-state index contributed by atoms with van der Waals surface area (Å²) >= 11 is 1.36. The number of ether oxygens (including phenoxy) is 1. The molecule has 2 aromatic heterocycles. The van der Waals surface area contributed by atoms with E-state index < -0.39 is 5.97 Å². The number of fused-ring (bicyclic) bond motifs is 1. The molecule has 2 rings (SSSR count). The maximum atomic E-state index is 12.0. The van der Waals surface area contributed by atoms with Crippen LogP contribution in [0.25, 0.3) is 10.2 Å². The van der Waals surface area contributed by atoms with Crippen LogP contribution in [0.5, 0.6) is 0 Å². The maximum Gasteiger partial charge on any atom is 0.330 e. The number of nitrogens with zero attached hydrogens (tertiary/aromatic N) is 2. The van der Waals surface area contributed by atoms with Gasteiger partial charge >= 0.3 is 5.97 Å². The molecule has 0 atom stereocenters. The van der Waals surface area contributed by atoms with Crippen LogP contribution in [-0.4, -0.2) is 22.1 Å². The van der Waals surface area contributed by atoms with E-state index >= 15 is 0 Å². The first-order valence-corrected chi connectivity index (χ1v) is 6.36. The summed E-state index contributed by atoms with van der Waals surface area (Å²) in [6, 6.07) is 1.81. The molecule has 0 bridgehead atoms. The van der Waals surface area contributed by atoms with Crippen LogP contribution in [0.3, 0.4) is 0 Å². The highest BCUT2D eigenvalue weighted by Gasteiger charge is 2.03. The summed E-state index contributed by atoms with van der Waals surface area (Å²) in [6.45, 7) is 2.38. The summed E-state index contributed by atoms with van der Waals surface area (Å²) in [5.41, 5.74) is 0.610. The molecule has 0 spiro atoms. The van der Waals surface area contributed by atoms with Gasteiger partial charge in [0, 0.05) is 12.6 Å². The predicted octanol–water partition coefficient (Wildman–Crippen LogP) is 1.58. The normalized spacial score (nSPS) is 11.2. The molecule has 2 aromatic rings. The zero-order valence-corrected chi connectivity index (χ0v) is 10.6. The van der Waals surface area contributed by atoms with Crippen molar-refractivity contribution in [2.45, 2.75) is 13.5 Å². The quantitative estimate of drug-likeness (QED) is 0.621. The predicted molar refractivity (Wildman–Crippen MR) is 69.7 cm³/mol. The van der Waals surface area contributed by atoms with Crippen LogP contribution in [0.2, 0.25) is 0 Å². The van der Waals surface area contributed by atoms with Crippen LogP contribution < -0.4 is 5.56 Å². The van der Waals surface area contributed by atoms with Gasteiger partial charge in [0.1, 0.15) is 4.70 Å². The van der Waals surface area contributed by atoms with E-state index in [9.17, 15) is 9.59 Å². The lowest BCUT2D eigenvalue weighted by Crippen LogP contribution is -2.18. The number of aromatic nitrogens is 2. The molecule has 0 aliphatic carbocycles. The van der Waals surface area contributed by atoms with E-state index in [1.807, 2.05) is 5.38 Å². The average Bonchev–Trinajstić information content (AvgIpc) is 2.81. The molecule has 0 radical (unpaired) electrons. The maximum absolute atomic E-state index is 12.0. The Hall–Kier alpha value is -1.95. The third-order valence-electron chi connectivity index (χ3n) is 2.28. The second-order valence-corrected chi connectivity index (χ2v) is 4.41. The van der Waals surface area contributed by atoms with Gasteiger partial charge in [0.15, 0.2) is 0 Å². The van der Waals surface area contributed by atoms with Crippen molar-refractivity contribution in [3.8, 4) is 0 Å². The number of thiophene rings is 1. The molecule has 6 heteroatoms. The second-order valence-electron chi connectivity index (χ2n) is 3.49. The Kier molecular flexibility index (Phi) is 3.88. The first kappa shape index (κ1) is 12.5. The van der Waals surface area contributed by atoms with Gasteiger partial charge in [-0.2, -0.15) is 0 Å². The fourth-order valence-corrected chi connectivity index (χ4v) is 2.25. The standard InChI is InChI=1S/C12H12N2O3S/c1-2-17-10(15)4-3-6-14-8-13-9-5-7-18-11(9)12(14)16/h3-5,7-8H,2,6H2,1H3/b4-3+. The van der Waals surface area contributed by atoms with Crippen LogP contribution in [0.15, 0.2) is 34.7 Å². The minimum Gasteiger partial charge on any atom is -0.463 e. The molecule has 0 aromatic carbocycles. The fraction of sp³-hybridized carbons (Fsp3) is 0.250. The SMILES string of the molecule is CCOC(=O)/C=C/Cn1cnc2ccsc2c1=O. The summed E-state index contributed by atoms with van der Waals surface area (Å²) in [5.74, 6) is -0.407. The van der Waals surface area contributed by atoms with E-state index in [2.05, 4.69) is 4.98 Å². The second kappa shape index (κ2) is 5.59. The van der Waals surface area contributed by atoms with Gasteiger partial charge in [-0.05, 0) is 18.4 Å². The smallest absolute Gasteiger partial charge is 0.330 e. The van der Waals surface area contributed by atoms with Crippen molar-refractivity contribution in [1.29, 1.82) is 0 Å². The average molecular weight is 264 g/mol. The van der Waals surface area contributed by atoms with E-state index in [4.69, 9.17) is 4.74 Å². The molecule has 94 valence electrons. The Balaban J connectivity index is 2.15. The summed E-state index contributed by atoms with van der Waals surface area (Å²) in [4.78, 5) is 27.2. The lowest BCUT2D eigenvalue weighted by atomic mass is 10.4. The largest absolute Gasteiger partial charge is 0.463 e. The molecule has 2 heterocycles. The molecule has 5 nitrogen and oxygen atoms in total. The minimum absolute atomic E-state index is 0.0940. The Labute approximate surface area is 107 Å². The van der Waals surface area contributed by atoms with Crippen molar-refractivity contribution < 1.29 is 9.53 Å². The number of carbonyl (C=O) groups excluding carboxylic acids is 1. The van der Waals surface area contributed by atoms with Gasteiger partial charge in [0.05, 0.1) is 18.5 Å². The van der Waals surface area contributed by atoms with Gasteiger partial charge in [-0.25, -0.2) is 9.78 Å². The van der Waals surface area contributed by atoms with Gasteiger partial charge in [-0.15, -0.1) is 11.3 Å². The highest BCUT2D eigenvalue weighted by Crippen LogP contribution is 2.12. The molecule has 0 saturated heterocycles. The molecule has 0 aliphatic rings. The summed E-state index contributed by atoms with van der Waals surface area (Å²) in [6.07, 6.45) is 4.38. The Morgan fingerprint density at radius 2 is 2.44 bits per heavy atom. The summed E-state index contributed by atoms with van der Waals surface area (Å²) in [7, 11) is 0. The van der Waals surface area contributed by atoms with Gasteiger partial charge in [0.2, 0.25) is 0 Å². The van der Waals surface area contributed by atoms with Crippen molar-refractivity contribution in [1.82, 2.24) is 9.55 Å². The molecular formula is C12H12N2O3S. The number of allylic oxidation sites excluding steroid dienone is 1. The first-order chi connectivity index (χ1) is 8.72. The zero-order chi connectivity index (χ0) is 13.0. The van der Waals surface area contributed by atoms with Crippen molar-refractivity contribution in [2.75, 3.05) is 6.61 Å². The molecular weight excluding hydrogens is 252 g/mol. The highest BCUT2D eigenvalue weighted by atomic mass is 32.1. The molecule has 0 aliphatic heterocycles. The molecule has 0 N–H and O–H groups in total. The fourth-order valence-electron chi connectivity index (χ4n) is 1.46. The third-order valence-corrected chi connectivity index (χ3v) is 3.17. The summed E-state index contributed by atoms with van der Waals surface area (Å²) < 4.78 is 6.82. The monoisotopic (exact) mass is 264 g/mol. The Morgan fingerprint density at radius 1 is 1.61 bits per heavy atom. The van der Waals surface area contributed by atoms with Crippen LogP contribution >= 0.6 is 11.3 Å². The number of esters is 1. The molecule has 0 amide bonds. The van der Waals surface area contributed by atoms with E-state index in [1.54, 1.807) is 19.1 Å². The molecule has 0 unspecified atom stereocenters. The van der Waals surface area contributed by atoms with Gasteiger partial charge < -0.3 is 4.74 Å². The van der Waals surface area contributed by atoms with E-state index in [-0.39, 0.29) is 5.56 Å². The van der Waals surface area contributed by atoms with Crippen LogP contribution in [0, 0.1) is 0 Å². The third kappa shape index (κ3) is 2.65. The Morgan fingerprint density at radius 3 is 3.22 bits per heavy atom. The van der Waals surface area contributed by atoms with E-state index in [0.29, 0.717) is 23.4 Å². The highest BCUT2D eigenvalue weighted by molar-refractivity contribution is 7.17. The Bertz CT molecular complexity index is 642. The number of carbonyl (C=O) groups is 1.